The maximum Gasteiger partial charge on any atom is 0.334 e. The van der Waals surface area contributed by atoms with Crippen LogP contribution in [0.4, 0.5) is 0 Å². The molecule has 98 valence electrons. The second kappa shape index (κ2) is 7.49. The highest BCUT2D eigenvalue weighted by molar-refractivity contribution is 5.88. The van der Waals surface area contributed by atoms with Crippen molar-refractivity contribution in [1.29, 1.82) is 0 Å². The first-order valence-electron chi connectivity index (χ1n) is 6.75. The number of carbonyl (C=O) groups is 1. The lowest BCUT2D eigenvalue weighted by Gasteiger charge is -2.28. The average Bonchev–Trinajstić information content (AvgIpc) is 2.36. The van der Waals surface area contributed by atoms with Gasteiger partial charge in [-0.05, 0) is 38.5 Å². The van der Waals surface area contributed by atoms with Crippen molar-refractivity contribution < 1.29 is 9.53 Å². The van der Waals surface area contributed by atoms with E-state index in [1.807, 2.05) is 6.92 Å². The van der Waals surface area contributed by atoms with Gasteiger partial charge in [-0.15, -0.1) is 0 Å². The van der Waals surface area contributed by atoms with Gasteiger partial charge in [0.15, 0.2) is 0 Å². The summed E-state index contributed by atoms with van der Waals surface area (Å²) < 4.78 is 4.90. The molecule has 17 heavy (non-hydrogen) atoms. The Labute approximate surface area is 105 Å². The van der Waals surface area contributed by atoms with Gasteiger partial charge in [0.05, 0.1) is 6.61 Å². The molecule has 1 fully saturated rings. The van der Waals surface area contributed by atoms with Crippen LogP contribution in [0, 0.1) is 5.92 Å². The number of hydrogen-bond acceptors (Lipinski definition) is 3. The molecule has 1 rings (SSSR count). The molecule has 0 aromatic rings. The zero-order valence-electron chi connectivity index (χ0n) is 11.1. The molecular weight excluding hydrogens is 214 g/mol. The van der Waals surface area contributed by atoms with Gasteiger partial charge in [0.25, 0.3) is 0 Å². The fraction of sp³-hybridized carbons (Fsp3) is 0.786. The van der Waals surface area contributed by atoms with Crippen LogP contribution < -0.4 is 5.32 Å². The van der Waals surface area contributed by atoms with Crippen molar-refractivity contribution in [2.24, 2.45) is 5.92 Å². The molecule has 0 amide bonds. The van der Waals surface area contributed by atoms with Gasteiger partial charge in [-0.3, -0.25) is 0 Å². The van der Waals surface area contributed by atoms with E-state index in [0.717, 1.165) is 5.92 Å². The number of rotatable bonds is 6. The van der Waals surface area contributed by atoms with Crippen LogP contribution in [0.25, 0.3) is 0 Å². The van der Waals surface area contributed by atoms with Gasteiger partial charge in [0.2, 0.25) is 0 Å². The standard InChI is InChI=1S/C14H25NO2/c1-4-12-6-8-13(9-7-12)15-10-11(3)14(16)17-5-2/h12-13,15H,3-10H2,1-2H3. The molecule has 1 N–H and O–H groups in total. The first-order valence-corrected chi connectivity index (χ1v) is 6.75. The van der Waals surface area contributed by atoms with E-state index >= 15 is 0 Å². The van der Waals surface area contributed by atoms with Crippen molar-refractivity contribution in [3.63, 3.8) is 0 Å². The van der Waals surface area contributed by atoms with E-state index in [0.29, 0.717) is 24.8 Å². The predicted molar refractivity (Wildman–Crippen MR) is 69.8 cm³/mol. The zero-order chi connectivity index (χ0) is 12.7. The van der Waals surface area contributed by atoms with Crippen molar-refractivity contribution in [1.82, 2.24) is 5.32 Å². The molecule has 0 aliphatic heterocycles. The third-order valence-electron chi connectivity index (χ3n) is 3.59. The van der Waals surface area contributed by atoms with E-state index in [2.05, 4.69) is 18.8 Å². The minimum atomic E-state index is -0.276. The van der Waals surface area contributed by atoms with Crippen molar-refractivity contribution in [3.05, 3.63) is 12.2 Å². The highest BCUT2D eigenvalue weighted by Gasteiger charge is 2.20. The fourth-order valence-corrected chi connectivity index (χ4v) is 2.35. The van der Waals surface area contributed by atoms with Gasteiger partial charge in [-0.2, -0.15) is 0 Å². The largest absolute Gasteiger partial charge is 0.463 e. The Hall–Kier alpha value is -0.830. The van der Waals surface area contributed by atoms with Crippen LogP contribution in [-0.2, 0) is 9.53 Å². The predicted octanol–water partition coefficient (Wildman–Crippen LogP) is 2.66. The van der Waals surface area contributed by atoms with Gasteiger partial charge in [-0.25, -0.2) is 4.79 Å². The average molecular weight is 239 g/mol. The van der Waals surface area contributed by atoms with E-state index in [9.17, 15) is 4.79 Å². The molecule has 0 spiro atoms. The summed E-state index contributed by atoms with van der Waals surface area (Å²) in [6.07, 6.45) is 6.34. The zero-order valence-corrected chi connectivity index (χ0v) is 11.1. The Kier molecular flexibility index (Phi) is 6.27. The van der Waals surface area contributed by atoms with Crippen LogP contribution in [0.5, 0.6) is 0 Å². The normalized spacial score (nSPS) is 24.4. The van der Waals surface area contributed by atoms with E-state index in [-0.39, 0.29) is 5.97 Å². The fourth-order valence-electron chi connectivity index (χ4n) is 2.35. The summed E-state index contributed by atoms with van der Waals surface area (Å²) in [5.41, 5.74) is 0.532. The SMILES string of the molecule is C=C(CNC1CCC(CC)CC1)C(=O)OCC. The Morgan fingerprint density at radius 1 is 1.29 bits per heavy atom. The highest BCUT2D eigenvalue weighted by atomic mass is 16.5. The second-order valence-electron chi connectivity index (χ2n) is 4.83. The Balaban J connectivity index is 2.19. The molecule has 0 saturated heterocycles. The maximum atomic E-state index is 11.4. The lowest BCUT2D eigenvalue weighted by Crippen LogP contribution is -2.35. The molecule has 0 unspecified atom stereocenters. The lowest BCUT2D eigenvalue weighted by molar-refractivity contribution is -0.138. The Bertz CT molecular complexity index is 255. The van der Waals surface area contributed by atoms with Crippen LogP contribution in [0.15, 0.2) is 12.2 Å². The molecule has 0 aromatic heterocycles. The molecule has 3 heteroatoms. The summed E-state index contributed by atoms with van der Waals surface area (Å²) in [4.78, 5) is 11.4. The molecular formula is C14H25NO2. The van der Waals surface area contributed by atoms with E-state index < -0.39 is 0 Å². The third kappa shape index (κ3) is 4.90. The van der Waals surface area contributed by atoms with Crippen LogP contribution in [0.1, 0.15) is 46.0 Å². The van der Waals surface area contributed by atoms with Crippen LogP contribution in [0.2, 0.25) is 0 Å². The molecule has 0 bridgehead atoms. The summed E-state index contributed by atoms with van der Waals surface area (Å²) in [6, 6.07) is 0.545. The van der Waals surface area contributed by atoms with Crippen molar-refractivity contribution >= 4 is 5.97 Å². The molecule has 1 aliphatic rings. The summed E-state index contributed by atoms with van der Waals surface area (Å²) in [5.74, 6) is 0.628. The van der Waals surface area contributed by atoms with Crippen LogP contribution in [0.3, 0.4) is 0 Å². The summed E-state index contributed by atoms with van der Waals surface area (Å²) in [7, 11) is 0. The second-order valence-corrected chi connectivity index (χ2v) is 4.83. The minimum Gasteiger partial charge on any atom is -0.463 e. The molecule has 0 radical (unpaired) electrons. The van der Waals surface area contributed by atoms with E-state index in [1.165, 1.54) is 32.1 Å². The first kappa shape index (κ1) is 14.2. The van der Waals surface area contributed by atoms with Crippen LogP contribution >= 0.6 is 0 Å². The lowest BCUT2D eigenvalue weighted by atomic mass is 9.84. The Morgan fingerprint density at radius 3 is 2.47 bits per heavy atom. The van der Waals surface area contributed by atoms with E-state index in [4.69, 9.17) is 4.74 Å². The van der Waals surface area contributed by atoms with Gasteiger partial charge < -0.3 is 10.1 Å². The van der Waals surface area contributed by atoms with Crippen molar-refractivity contribution in [2.75, 3.05) is 13.2 Å². The Morgan fingerprint density at radius 2 is 1.94 bits per heavy atom. The maximum absolute atomic E-state index is 11.4. The smallest absolute Gasteiger partial charge is 0.334 e. The summed E-state index contributed by atoms with van der Waals surface area (Å²) in [6.45, 7) is 8.80. The quantitative estimate of drug-likeness (QED) is 0.572. The molecule has 3 nitrogen and oxygen atoms in total. The van der Waals surface area contributed by atoms with Crippen molar-refractivity contribution in [2.45, 2.75) is 52.0 Å². The topological polar surface area (TPSA) is 38.3 Å². The molecule has 1 aliphatic carbocycles. The number of ether oxygens (including phenoxy) is 1. The molecule has 1 saturated carbocycles. The van der Waals surface area contributed by atoms with E-state index in [1.54, 1.807) is 0 Å². The van der Waals surface area contributed by atoms with Gasteiger partial charge >= 0.3 is 5.97 Å². The minimum absolute atomic E-state index is 0.276. The number of carbonyl (C=O) groups excluding carboxylic acids is 1. The molecule has 0 atom stereocenters. The van der Waals surface area contributed by atoms with Crippen molar-refractivity contribution in [3.8, 4) is 0 Å². The summed E-state index contributed by atoms with van der Waals surface area (Å²) in [5, 5.41) is 3.40. The first-order chi connectivity index (χ1) is 8.17. The third-order valence-corrected chi connectivity index (χ3v) is 3.59. The van der Waals surface area contributed by atoms with Crippen LogP contribution in [-0.4, -0.2) is 25.2 Å². The summed E-state index contributed by atoms with van der Waals surface area (Å²) >= 11 is 0. The van der Waals surface area contributed by atoms with Gasteiger partial charge in [-0.1, -0.05) is 19.9 Å². The molecule has 0 aromatic carbocycles. The number of esters is 1. The number of hydrogen-bond donors (Lipinski definition) is 1. The molecule has 0 heterocycles. The number of nitrogens with one attached hydrogen (secondary N) is 1. The van der Waals surface area contributed by atoms with Gasteiger partial charge in [0, 0.05) is 18.2 Å². The highest BCUT2D eigenvalue weighted by Crippen LogP contribution is 2.26. The van der Waals surface area contributed by atoms with Gasteiger partial charge in [0.1, 0.15) is 0 Å². The monoisotopic (exact) mass is 239 g/mol.